The van der Waals surface area contributed by atoms with Gasteiger partial charge in [-0.2, -0.15) is 0 Å². The zero-order valence-electron chi connectivity index (χ0n) is 7.48. The number of aromatic nitrogens is 3. The van der Waals surface area contributed by atoms with Gasteiger partial charge >= 0.3 is 0 Å². The summed E-state index contributed by atoms with van der Waals surface area (Å²) in [5, 5.41) is 0.915. The SMILES string of the molecule is Clc1ccc2nc(Cl)c3cccn3c2n1. The first-order valence-corrected chi connectivity index (χ1v) is 5.10. The van der Waals surface area contributed by atoms with E-state index >= 15 is 0 Å². The lowest BCUT2D eigenvalue weighted by Gasteiger charge is -2.03. The molecule has 0 aliphatic rings. The van der Waals surface area contributed by atoms with Gasteiger partial charge in [-0.1, -0.05) is 23.2 Å². The van der Waals surface area contributed by atoms with E-state index in [9.17, 15) is 0 Å². The maximum Gasteiger partial charge on any atom is 0.164 e. The van der Waals surface area contributed by atoms with Crippen LogP contribution in [0.5, 0.6) is 0 Å². The second kappa shape index (κ2) is 3.08. The third-order valence-corrected chi connectivity index (χ3v) is 2.72. The number of pyridine rings is 1. The summed E-state index contributed by atoms with van der Waals surface area (Å²) in [6, 6.07) is 7.28. The average molecular weight is 238 g/mol. The van der Waals surface area contributed by atoms with E-state index in [-0.39, 0.29) is 0 Å². The number of hydrogen-bond acceptors (Lipinski definition) is 2. The van der Waals surface area contributed by atoms with Crippen molar-refractivity contribution in [1.82, 2.24) is 14.4 Å². The third-order valence-electron chi connectivity index (χ3n) is 2.23. The minimum atomic E-state index is 0.446. The number of fused-ring (bicyclic) bond motifs is 3. The quantitative estimate of drug-likeness (QED) is 0.563. The maximum absolute atomic E-state index is 6.02. The summed E-state index contributed by atoms with van der Waals surface area (Å²) in [6.45, 7) is 0. The third kappa shape index (κ3) is 1.28. The van der Waals surface area contributed by atoms with Crippen molar-refractivity contribution in [3.63, 3.8) is 0 Å². The van der Waals surface area contributed by atoms with Crippen molar-refractivity contribution in [1.29, 1.82) is 0 Å². The Labute approximate surface area is 95.3 Å². The Morgan fingerprint density at radius 1 is 1.07 bits per heavy atom. The maximum atomic E-state index is 6.02. The second-order valence-corrected chi connectivity index (χ2v) is 3.89. The lowest BCUT2D eigenvalue weighted by Crippen LogP contribution is -1.93. The number of halogens is 2. The molecular formula is C10H5Cl2N3. The molecule has 0 radical (unpaired) electrons. The Morgan fingerprint density at radius 3 is 2.80 bits per heavy atom. The molecule has 74 valence electrons. The Kier molecular flexibility index (Phi) is 1.84. The van der Waals surface area contributed by atoms with E-state index in [4.69, 9.17) is 23.2 Å². The fourth-order valence-corrected chi connectivity index (χ4v) is 1.97. The lowest BCUT2D eigenvalue weighted by molar-refractivity contribution is 1.17. The zero-order chi connectivity index (χ0) is 10.4. The zero-order valence-corrected chi connectivity index (χ0v) is 9.00. The van der Waals surface area contributed by atoms with Crippen LogP contribution < -0.4 is 0 Å². The predicted octanol–water partition coefficient (Wildman–Crippen LogP) is 3.19. The van der Waals surface area contributed by atoms with Gasteiger partial charge in [-0.15, -0.1) is 0 Å². The molecule has 0 fully saturated rings. The Balaban J connectivity index is 2.61. The highest BCUT2D eigenvalue weighted by Crippen LogP contribution is 2.21. The minimum absolute atomic E-state index is 0.446. The molecule has 0 saturated carbocycles. The summed E-state index contributed by atoms with van der Waals surface area (Å²) in [6.07, 6.45) is 1.88. The number of hydrogen-bond donors (Lipinski definition) is 0. The highest BCUT2D eigenvalue weighted by Gasteiger charge is 2.07. The highest BCUT2D eigenvalue weighted by molar-refractivity contribution is 6.33. The van der Waals surface area contributed by atoms with E-state index in [1.165, 1.54) is 0 Å². The van der Waals surface area contributed by atoms with Gasteiger partial charge in [0.05, 0.1) is 5.52 Å². The van der Waals surface area contributed by atoms with Gasteiger partial charge in [0.1, 0.15) is 10.7 Å². The van der Waals surface area contributed by atoms with Gasteiger partial charge in [0.25, 0.3) is 0 Å². The molecule has 15 heavy (non-hydrogen) atoms. The van der Waals surface area contributed by atoms with Crippen LogP contribution in [0.1, 0.15) is 0 Å². The summed E-state index contributed by atoms with van der Waals surface area (Å²) < 4.78 is 1.87. The van der Waals surface area contributed by atoms with E-state index in [0.29, 0.717) is 16.0 Å². The van der Waals surface area contributed by atoms with Gasteiger partial charge in [0, 0.05) is 6.20 Å². The van der Waals surface area contributed by atoms with E-state index < -0.39 is 0 Å². The molecule has 0 amide bonds. The largest absolute Gasteiger partial charge is 0.297 e. The Hall–Kier alpha value is -1.32. The molecule has 0 unspecified atom stereocenters. The predicted molar refractivity (Wildman–Crippen MR) is 60.5 cm³/mol. The fourth-order valence-electron chi connectivity index (χ4n) is 1.58. The van der Waals surface area contributed by atoms with Crippen LogP contribution >= 0.6 is 23.2 Å². The van der Waals surface area contributed by atoms with Crippen molar-refractivity contribution in [3.05, 3.63) is 40.8 Å². The van der Waals surface area contributed by atoms with Crippen LogP contribution in [-0.4, -0.2) is 14.4 Å². The van der Waals surface area contributed by atoms with Crippen LogP contribution in [0.2, 0.25) is 10.3 Å². The Bertz CT molecular complexity index is 660. The van der Waals surface area contributed by atoms with E-state index in [1.807, 2.05) is 22.7 Å². The van der Waals surface area contributed by atoms with E-state index in [0.717, 1.165) is 11.0 Å². The van der Waals surface area contributed by atoms with Crippen LogP contribution in [0, 0.1) is 0 Å². The molecule has 3 heterocycles. The van der Waals surface area contributed by atoms with Gasteiger partial charge in [0.2, 0.25) is 0 Å². The molecule has 0 N–H and O–H groups in total. The van der Waals surface area contributed by atoms with Gasteiger partial charge in [-0.25, -0.2) is 9.97 Å². The second-order valence-electron chi connectivity index (χ2n) is 3.14. The van der Waals surface area contributed by atoms with Crippen LogP contribution in [-0.2, 0) is 0 Å². The van der Waals surface area contributed by atoms with Crippen LogP contribution in [0.15, 0.2) is 30.5 Å². The fraction of sp³-hybridized carbons (Fsp3) is 0. The topological polar surface area (TPSA) is 30.2 Å². The van der Waals surface area contributed by atoms with Crippen molar-refractivity contribution in [2.24, 2.45) is 0 Å². The molecule has 0 aliphatic heterocycles. The first-order valence-electron chi connectivity index (χ1n) is 4.34. The molecule has 0 spiro atoms. The van der Waals surface area contributed by atoms with Gasteiger partial charge in [0.15, 0.2) is 10.8 Å². The van der Waals surface area contributed by atoms with Crippen molar-refractivity contribution in [2.45, 2.75) is 0 Å². The molecule has 3 nitrogen and oxygen atoms in total. The van der Waals surface area contributed by atoms with Crippen molar-refractivity contribution < 1.29 is 0 Å². The standard InChI is InChI=1S/C10H5Cl2N3/c11-8-4-3-6-10(14-8)15-5-1-2-7(15)9(12)13-6/h1-5H. The van der Waals surface area contributed by atoms with Crippen molar-refractivity contribution in [3.8, 4) is 0 Å². The minimum Gasteiger partial charge on any atom is -0.297 e. The lowest BCUT2D eigenvalue weighted by atomic mass is 10.4. The van der Waals surface area contributed by atoms with Crippen LogP contribution in [0.25, 0.3) is 16.7 Å². The Morgan fingerprint density at radius 2 is 1.93 bits per heavy atom. The molecule has 0 aromatic carbocycles. The summed E-state index contributed by atoms with van der Waals surface area (Å²) in [4.78, 5) is 8.46. The monoisotopic (exact) mass is 237 g/mol. The molecule has 3 aromatic heterocycles. The van der Waals surface area contributed by atoms with Crippen molar-refractivity contribution in [2.75, 3.05) is 0 Å². The number of rotatable bonds is 0. The van der Waals surface area contributed by atoms with Gasteiger partial charge in [-0.05, 0) is 24.3 Å². The van der Waals surface area contributed by atoms with E-state index in [1.54, 1.807) is 12.1 Å². The molecule has 0 aliphatic carbocycles. The summed E-state index contributed by atoms with van der Waals surface area (Å²) in [7, 11) is 0. The molecule has 0 bridgehead atoms. The van der Waals surface area contributed by atoms with Crippen LogP contribution in [0.4, 0.5) is 0 Å². The molecule has 0 saturated heterocycles. The number of nitrogens with zero attached hydrogens (tertiary/aromatic N) is 3. The normalized spacial score (nSPS) is 11.3. The summed E-state index contributed by atoms with van der Waals surface area (Å²) in [5.74, 6) is 0. The first-order chi connectivity index (χ1) is 7.25. The van der Waals surface area contributed by atoms with Crippen molar-refractivity contribution >= 4 is 39.9 Å². The van der Waals surface area contributed by atoms with Gasteiger partial charge < -0.3 is 0 Å². The van der Waals surface area contributed by atoms with E-state index in [2.05, 4.69) is 9.97 Å². The smallest absolute Gasteiger partial charge is 0.164 e. The average Bonchev–Trinajstić information content (AvgIpc) is 2.69. The molecule has 0 atom stereocenters. The molecular weight excluding hydrogens is 233 g/mol. The molecule has 5 heteroatoms. The molecule has 3 aromatic rings. The first kappa shape index (κ1) is 8.95. The van der Waals surface area contributed by atoms with Crippen LogP contribution in [0.3, 0.4) is 0 Å². The molecule has 3 rings (SSSR count). The highest BCUT2D eigenvalue weighted by atomic mass is 35.5. The summed E-state index contributed by atoms with van der Waals surface area (Å²) >= 11 is 11.9. The van der Waals surface area contributed by atoms with Gasteiger partial charge in [-0.3, -0.25) is 4.40 Å². The summed E-state index contributed by atoms with van der Waals surface area (Å²) in [5.41, 5.74) is 2.28.